The Labute approximate surface area is 119 Å². The molecule has 2 aliphatic rings. The molecule has 4 rings (SSSR count). The zero-order valence-electron chi connectivity index (χ0n) is 12.2. The van der Waals surface area contributed by atoms with Crippen molar-refractivity contribution in [3.8, 4) is 0 Å². The van der Waals surface area contributed by atoms with E-state index in [9.17, 15) is 0 Å². The molecule has 4 unspecified atom stereocenters. The van der Waals surface area contributed by atoms with Gasteiger partial charge >= 0.3 is 0 Å². The molecule has 1 aromatic carbocycles. The number of rotatable bonds is 2. The van der Waals surface area contributed by atoms with E-state index < -0.39 is 0 Å². The molecule has 20 heavy (non-hydrogen) atoms. The summed E-state index contributed by atoms with van der Waals surface area (Å²) in [4.78, 5) is 2.62. The van der Waals surface area contributed by atoms with Crippen molar-refractivity contribution >= 4 is 11.0 Å². The van der Waals surface area contributed by atoms with Gasteiger partial charge in [-0.1, -0.05) is 18.2 Å². The topological polar surface area (TPSA) is 28.4 Å². The quantitative estimate of drug-likeness (QED) is 0.909. The second-order valence-electron chi connectivity index (χ2n) is 6.38. The molecule has 106 valence electrons. The molecular formula is C17H22N2O. The van der Waals surface area contributed by atoms with Gasteiger partial charge in [0, 0.05) is 18.0 Å². The Bertz CT molecular complexity index is 587. The Hall–Kier alpha value is -1.32. The molecule has 2 aromatic rings. The van der Waals surface area contributed by atoms with Crippen LogP contribution in [0.25, 0.3) is 11.0 Å². The van der Waals surface area contributed by atoms with Crippen molar-refractivity contribution in [1.82, 2.24) is 10.2 Å². The third kappa shape index (κ3) is 1.80. The number of likely N-dealkylation sites (tertiary alicyclic amines) is 1. The summed E-state index contributed by atoms with van der Waals surface area (Å²) in [7, 11) is 0. The number of hydrogen-bond acceptors (Lipinski definition) is 3. The van der Waals surface area contributed by atoms with E-state index in [1.54, 1.807) is 0 Å². The molecule has 0 radical (unpaired) electrons. The van der Waals surface area contributed by atoms with Crippen LogP contribution in [0.15, 0.2) is 34.7 Å². The number of furan rings is 1. The van der Waals surface area contributed by atoms with Gasteiger partial charge in [-0.15, -0.1) is 0 Å². The van der Waals surface area contributed by atoms with Gasteiger partial charge in [0.2, 0.25) is 0 Å². The molecule has 0 amide bonds. The monoisotopic (exact) mass is 270 g/mol. The third-order valence-electron chi connectivity index (χ3n) is 5.33. The van der Waals surface area contributed by atoms with Crippen molar-refractivity contribution in [2.75, 3.05) is 19.6 Å². The molecule has 0 saturated carbocycles. The normalized spacial score (nSPS) is 31.8. The Kier molecular flexibility index (Phi) is 2.86. The van der Waals surface area contributed by atoms with E-state index in [-0.39, 0.29) is 0 Å². The standard InChI is InChI=1S/C17H22N2O/c1-11-15-9-18-8-14(15)10-19(11)12(2)17-7-13-5-3-4-6-16(13)20-17/h3-7,11-12,14-15,18H,8-10H2,1-2H3. The lowest BCUT2D eigenvalue weighted by Gasteiger charge is -2.29. The molecule has 3 heterocycles. The predicted molar refractivity (Wildman–Crippen MR) is 80.6 cm³/mol. The van der Waals surface area contributed by atoms with Gasteiger partial charge in [0.05, 0.1) is 6.04 Å². The average molecular weight is 270 g/mol. The number of fused-ring (bicyclic) bond motifs is 2. The van der Waals surface area contributed by atoms with E-state index in [2.05, 4.69) is 48.3 Å². The van der Waals surface area contributed by atoms with Crippen LogP contribution >= 0.6 is 0 Å². The summed E-state index contributed by atoms with van der Waals surface area (Å²) in [5.74, 6) is 2.73. The van der Waals surface area contributed by atoms with Crippen molar-refractivity contribution < 1.29 is 4.42 Å². The predicted octanol–water partition coefficient (Wildman–Crippen LogP) is 3.03. The first-order valence-electron chi connectivity index (χ1n) is 7.69. The van der Waals surface area contributed by atoms with Crippen LogP contribution in [0.4, 0.5) is 0 Å². The smallest absolute Gasteiger partial charge is 0.134 e. The summed E-state index contributed by atoms with van der Waals surface area (Å²) >= 11 is 0. The zero-order valence-corrected chi connectivity index (χ0v) is 12.2. The van der Waals surface area contributed by atoms with Crippen LogP contribution in [-0.4, -0.2) is 30.6 Å². The number of para-hydroxylation sites is 1. The van der Waals surface area contributed by atoms with Crippen LogP contribution < -0.4 is 5.32 Å². The van der Waals surface area contributed by atoms with Crippen molar-refractivity contribution in [3.05, 3.63) is 36.1 Å². The van der Waals surface area contributed by atoms with Crippen molar-refractivity contribution in [1.29, 1.82) is 0 Å². The van der Waals surface area contributed by atoms with Crippen LogP contribution in [0.3, 0.4) is 0 Å². The minimum absolute atomic E-state index is 0.364. The summed E-state index contributed by atoms with van der Waals surface area (Å²) in [6, 6.07) is 11.5. The van der Waals surface area contributed by atoms with Gasteiger partial charge in [-0.25, -0.2) is 0 Å². The Balaban J connectivity index is 1.62. The minimum Gasteiger partial charge on any atom is -0.459 e. The Morgan fingerprint density at radius 3 is 2.95 bits per heavy atom. The Morgan fingerprint density at radius 2 is 2.15 bits per heavy atom. The van der Waals surface area contributed by atoms with Crippen LogP contribution in [0, 0.1) is 11.8 Å². The van der Waals surface area contributed by atoms with E-state index >= 15 is 0 Å². The third-order valence-corrected chi connectivity index (χ3v) is 5.33. The molecule has 2 saturated heterocycles. The van der Waals surface area contributed by atoms with Crippen molar-refractivity contribution in [3.63, 3.8) is 0 Å². The number of nitrogens with zero attached hydrogens (tertiary/aromatic N) is 1. The molecule has 4 atom stereocenters. The van der Waals surface area contributed by atoms with Crippen LogP contribution in [-0.2, 0) is 0 Å². The lowest BCUT2D eigenvalue weighted by molar-refractivity contribution is 0.165. The van der Waals surface area contributed by atoms with Crippen LogP contribution in [0.1, 0.15) is 25.6 Å². The van der Waals surface area contributed by atoms with Crippen molar-refractivity contribution in [2.45, 2.75) is 25.9 Å². The second-order valence-corrected chi connectivity index (χ2v) is 6.38. The first-order chi connectivity index (χ1) is 9.74. The highest BCUT2D eigenvalue weighted by Crippen LogP contribution is 2.38. The fraction of sp³-hybridized carbons (Fsp3) is 0.529. The van der Waals surface area contributed by atoms with E-state index in [1.165, 1.54) is 25.0 Å². The van der Waals surface area contributed by atoms with E-state index in [0.29, 0.717) is 12.1 Å². The summed E-state index contributed by atoms with van der Waals surface area (Å²) in [6.07, 6.45) is 0. The first kappa shape index (κ1) is 12.4. The summed E-state index contributed by atoms with van der Waals surface area (Å²) in [5.41, 5.74) is 1.00. The van der Waals surface area contributed by atoms with Gasteiger partial charge in [-0.05, 0) is 50.9 Å². The van der Waals surface area contributed by atoms with Crippen molar-refractivity contribution in [2.24, 2.45) is 11.8 Å². The van der Waals surface area contributed by atoms with E-state index in [0.717, 1.165) is 23.2 Å². The molecule has 1 aromatic heterocycles. The highest BCUT2D eigenvalue weighted by molar-refractivity contribution is 5.77. The molecule has 0 aliphatic carbocycles. The maximum Gasteiger partial charge on any atom is 0.134 e. The fourth-order valence-corrected chi connectivity index (χ4v) is 4.08. The van der Waals surface area contributed by atoms with Gasteiger partial charge in [0.15, 0.2) is 0 Å². The summed E-state index contributed by atoms with van der Waals surface area (Å²) in [5, 5.41) is 4.74. The number of nitrogens with one attached hydrogen (secondary N) is 1. The van der Waals surface area contributed by atoms with Crippen LogP contribution in [0.5, 0.6) is 0 Å². The molecule has 3 heteroatoms. The molecule has 0 spiro atoms. The van der Waals surface area contributed by atoms with E-state index in [1.807, 2.05) is 6.07 Å². The zero-order chi connectivity index (χ0) is 13.7. The molecule has 0 bridgehead atoms. The van der Waals surface area contributed by atoms with Gasteiger partial charge in [-0.3, -0.25) is 4.90 Å². The maximum atomic E-state index is 6.06. The lowest BCUT2D eigenvalue weighted by atomic mass is 9.95. The van der Waals surface area contributed by atoms with Gasteiger partial charge < -0.3 is 9.73 Å². The highest BCUT2D eigenvalue weighted by atomic mass is 16.3. The lowest BCUT2D eigenvalue weighted by Crippen LogP contribution is -2.35. The highest BCUT2D eigenvalue weighted by Gasteiger charge is 2.43. The first-order valence-corrected chi connectivity index (χ1v) is 7.69. The van der Waals surface area contributed by atoms with Gasteiger partial charge in [-0.2, -0.15) is 0 Å². The number of hydrogen-bond donors (Lipinski definition) is 1. The largest absolute Gasteiger partial charge is 0.459 e. The Morgan fingerprint density at radius 1 is 1.30 bits per heavy atom. The molecule has 2 aliphatic heterocycles. The van der Waals surface area contributed by atoms with Crippen LogP contribution in [0.2, 0.25) is 0 Å². The van der Waals surface area contributed by atoms with Gasteiger partial charge in [0.1, 0.15) is 11.3 Å². The molecule has 2 fully saturated rings. The summed E-state index contributed by atoms with van der Waals surface area (Å²) in [6.45, 7) is 8.20. The van der Waals surface area contributed by atoms with E-state index in [4.69, 9.17) is 4.42 Å². The molecular weight excluding hydrogens is 248 g/mol. The molecule has 3 nitrogen and oxygen atoms in total. The number of benzene rings is 1. The minimum atomic E-state index is 0.364. The molecule has 1 N–H and O–H groups in total. The SMILES string of the molecule is CC(c1cc2ccccc2o1)N1CC2CNCC2C1C. The second kappa shape index (κ2) is 4.61. The average Bonchev–Trinajstić information content (AvgIpc) is 3.13. The fourth-order valence-electron chi connectivity index (χ4n) is 4.08. The van der Waals surface area contributed by atoms with Gasteiger partial charge in [0.25, 0.3) is 0 Å². The maximum absolute atomic E-state index is 6.06. The summed E-state index contributed by atoms with van der Waals surface area (Å²) < 4.78 is 6.06.